The molecule has 0 saturated carbocycles. The van der Waals surface area contributed by atoms with Gasteiger partial charge in [-0.15, -0.1) is 0 Å². The van der Waals surface area contributed by atoms with Crippen molar-refractivity contribution in [3.8, 4) is 0 Å². The number of carbonyl (C=O) groups is 2. The molecule has 0 aromatic heterocycles. The molecule has 1 aromatic carbocycles. The molecule has 0 aliphatic carbocycles. The molecule has 1 rings (SSSR count). The molecule has 5 nitrogen and oxygen atoms in total. The number of hydrogen-bond donors (Lipinski definition) is 3. The number of anilines is 1. The molecule has 0 heterocycles. The predicted octanol–water partition coefficient (Wildman–Crippen LogP) is 2.02. The third kappa shape index (κ3) is 4.66. The van der Waals surface area contributed by atoms with Gasteiger partial charge in [-0.25, -0.2) is 0 Å². The highest BCUT2D eigenvalue weighted by atomic mass is 16.4. The van der Waals surface area contributed by atoms with Crippen molar-refractivity contribution in [2.75, 3.05) is 5.32 Å². The molecule has 0 radical (unpaired) electrons. The van der Waals surface area contributed by atoms with Gasteiger partial charge >= 0.3 is 5.97 Å². The van der Waals surface area contributed by atoms with Crippen LogP contribution in [0.25, 0.3) is 0 Å². The fourth-order valence-corrected chi connectivity index (χ4v) is 1.83. The monoisotopic (exact) mass is 278 g/mol. The first kappa shape index (κ1) is 16.2. The van der Waals surface area contributed by atoms with E-state index in [4.69, 9.17) is 10.8 Å². The van der Waals surface area contributed by atoms with Crippen LogP contribution in [0.3, 0.4) is 0 Å². The van der Waals surface area contributed by atoms with Gasteiger partial charge in [0.25, 0.3) is 0 Å². The van der Waals surface area contributed by atoms with E-state index in [0.29, 0.717) is 12.1 Å². The first-order chi connectivity index (χ1) is 9.45. The summed E-state index contributed by atoms with van der Waals surface area (Å²) in [5, 5.41) is 11.5. The van der Waals surface area contributed by atoms with Gasteiger partial charge in [0.1, 0.15) is 0 Å². The molecular formula is C15H22N2O3. The summed E-state index contributed by atoms with van der Waals surface area (Å²) in [4.78, 5) is 22.7. The van der Waals surface area contributed by atoms with E-state index >= 15 is 0 Å². The molecule has 2 atom stereocenters. The molecule has 0 fully saturated rings. The van der Waals surface area contributed by atoms with Crippen LogP contribution >= 0.6 is 0 Å². The minimum absolute atomic E-state index is 0.0320. The molecule has 1 amide bonds. The van der Waals surface area contributed by atoms with Gasteiger partial charge in [-0.1, -0.05) is 38.5 Å². The zero-order valence-corrected chi connectivity index (χ0v) is 11.9. The van der Waals surface area contributed by atoms with Crippen LogP contribution in [0.2, 0.25) is 0 Å². The highest BCUT2D eigenvalue weighted by Gasteiger charge is 2.20. The van der Waals surface area contributed by atoms with Crippen LogP contribution in [0.4, 0.5) is 5.69 Å². The molecule has 20 heavy (non-hydrogen) atoms. The van der Waals surface area contributed by atoms with Gasteiger partial charge in [0, 0.05) is 12.1 Å². The average molecular weight is 278 g/mol. The number of aliphatic carboxylic acids is 1. The number of carbonyl (C=O) groups excluding carboxylic acids is 1. The molecule has 5 heteroatoms. The van der Waals surface area contributed by atoms with Crippen LogP contribution in [0.5, 0.6) is 0 Å². The number of nitrogens with one attached hydrogen (secondary N) is 1. The van der Waals surface area contributed by atoms with Crippen molar-refractivity contribution in [3.05, 3.63) is 29.8 Å². The van der Waals surface area contributed by atoms with Gasteiger partial charge in [-0.2, -0.15) is 0 Å². The maximum Gasteiger partial charge on any atom is 0.303 e. The third-order valence-electron chi connectivity index (χ3n) is 3.44. The maximum absolute atomic E-state index is 12.1. The zero-order chi connectivity index (χ0) is 15.1. The lowest BCUT2D eigenvalue weighted by Gasteiger charge is -2.19. The lowest BCUT2D eigenvalue weighted by Crippen LogP contribution is -2.40. The second-order valence-electron chi connectivity index (χ2n) is 4.95. The Bertz CT molecular complexity index is 474. The van der Waals surface area contributed by atoms with Crippen molar-refractivity contribution in [1.82, 2.24) is 0 Å². The number of carboxylic acids is 1. The first-order valence-electron chi connectivity index (χ1n) is 6.81. The maximum atomic E-state index is 12.1. The van der Waals surface area contributed by atoms with E-state index in [0.717, 1.165) is 12.0 Å². The van der Waals surface area contributed by atoms with Crippen molar-refractivity contribution in [2.45, 2.75) is 39.2 Å². The van der Waals surface area contributed by atoms with E-state index in [9.17, 15) is 9.59 Å². The number of carboxylic acid groups (broad SMARTS) is 1. The average Bonchev–Trinajstić information content (AvgIpc) is 2.44. The van der Waals surface area contributed by atoms with Crippen molar-refractivity contribution in [2.24, 2.45) is 11.7 Å². The second kappa shape index (κ2) is 7.65. The normalized spacial score (nSPS) is 13.6. The lowest BCUT2D eigenvalue weighted by molar-refractivity contribution is -0.136. The van der Waals surface area contributed by atoms with E-state index in [1.54, 1.807) is 12.1 Å². The van der Waals surface area contributed by atoms with Crippen molar-refractivity contribution >= 4 is 17.6 Å². The van der Waals surface area contributed by atoms with Gasteiger partial charge < -0.3 is 16.2 Å². The van der Waals surface area contributed by atoms with Crippen LogP contribution in [-0.4, -0.2) is 23.0 Å². The molecule has 0 aliphatic rings. The van der Waals surface area contributed by atoms with Gasteiger partial charge in [0.2, 0.25) is 5.91 Å². The summed E-state index contributed by atoms with van der Waals surface area (Å²) in [7, 11) is 0. The number of para-hydroxylation sites is 1. The molecule has 0 bridgehead atoms. The molecule has 0 saturated heterocycles. The molecule has 0 aliphatic heterocycles. The Morgan fingerprint density at radius 3 is 2.60 bits per heavy atom. The van der Waals surface area contributed by atoms with Crippen molar-refractivity contribution in [3.63, 3.8) is 0 Å². The Morgan fingerprint density at radius 1 is 1.35 bits per heavy atom. The number of benzene rings is 1. The molecule has 110 valence electrons. The fourth-order valence-electron chi connectivity index (χ4n) is 1.83. The van der Waals surface area contributed by atoms with E-state index in [1.165, 1.54) is 0 Å². The summed E-state index contributed by atoms with van der Waals surface area (Å²) in [6.45, 7) is 3.92. The highest BCUT2D eigenvalue weighted by molar-refractivity contribution is 5.95. The van der Waals surface area contributed by atoms with Crippen LogP contribution in [-0.2, 0) is 16.0 Å². The summed E-state index contributed by atoms with van der Waals surface area (Å²) < 4.78 is 0. The minimum atomic E-state index is -0.859. The van der Waals surface area contributed by atoms with E-state index in [-0.39, 0.29) is 18.2 Å². The molecule has 0 unspecified atom stereocenters. The Kier molecular flexibility index (Phi) is 6.18. The summed E-state index contributed by atoms with van der Waals surface area (Å²) in [5.74, 6) is -0.995. The van der Waals surface area contributed by atoms with E-state index in [2.05, 4.69) is 5.32 Å². The molecule has 0 spiro atoms. The number of hydrogen-bond acceptors (Lipinski definition) is 3. The smallest absolute Gasteiger partial charge is 0.303 e. The summed E-state index contributed by atoms with van der Waals surface area (Å²) in [6.07, 6.45) is 1.24. The largest absolute Gasteiger partial charge is 0.481 e. The standard InChI is InChI=1S/C15H22N2O3/c1-3-10(2)14(16)15(20)17-12-7-5-4-6-11(12)8-9-13(18)19/h4-7,10,14H,3,8-9,16H2,1-2H3,(H,17,20)(H,18,19)/t10-,14-/m0/s1. The topological polar surface area (TPSA) is 92.4 Å². The summed E-state index contributed by atoms with van der Waals surface area (Å²) >= 11 is 0. The Hall–Kier alpha value is -1.88. The third-order valence-corrected chi connectivity index (χ3v) is 3.44. The highest BCUT2D eigenvalue weighted by Crippen LogP contribution is 2.18. The van der Waals surface area contributed by atoms with E-state index in [1.807, 2.05) is 26.0 Å². The minimum Gasteiger partial charge on any atom is -0.481 e. The Labute approximate surface area is 119 Å². The zero-order valence-electron chi connectivity index (χ0n) is 11.9. The Morgan fingerprint density at radius 2 is 2.00 bits per heavy atom. The lowest BCUT2D eigenvalue weighted by atomic mass is 9.99. The first-order valence-corrected chi connectivity index (χ1v) is 6.81. The van der Waals surface area contributed by atoms with Gasteiger partial charge in [-0.05, 0) is 24.0 Å². The van der Waals surface area contributed by atoms with Gasteiger partial charge in [0.05, 0.1) is 6.04 Å². The van der Waals surface area contributed by atoms with Crippen LogP contribution in [0.1, 0.15) is 32.3 Å². The summed E-state index contributed by atoms with van der Waals surface area (Å²) in [6, 6.07) is 6.63. The van der Waals surface area contributed by atoms with Gasteiger partial charge in [0.15, 0.2) is 0 Å². The fraction of sp³-hybridized carbons (Fsp3) is 0.467. The van der Waals surface area contributed by atoms with Crippen molar-refractivity contribution < 1.29 is 14.7 Å². The number of aryl methyl sites for hydroxylation is 1. The summed E-state index contributed by atoms with van der Waals surface area (Å²) in [5.41, 5.74) is 7.33. The molecular weight excluding hydrogens is 256 g/mol. The van der Waals surface area contributed by atoms with Gasteiger partial charge in [-0.3, -0.25) is 9.59 Å². The quantitative estimate of drug-likeness (QED) is 0.711. The van der Waals surface area contributed by atoms with Crippen LogP contribution < -0.4 is 11.1 Å². The van der Waals surface area contributed by atoms with Crippen LogP contribution in [0, 0.1) is 5.92 Å². The number of nitrogens with two attached hydrogens (primary N) is 1. The molecule has 4 N–H and O–H groups in total. The van der Waals surface area contributed by atoms with E-state index < -0.39 is 12.0 Å². The predicted molar refractivity (Wildman–Crippen MR) is 78.5 cm³/mol. The van der Waals surface area contributed by atoms with Crippen LogP contribution in [0.15, 0.2) is 24.3 Å². The van der Waals surface area contributed by atoms with Crippen molar-refractivity contribution in [1.29, 1.82) is 0 Å². The SMILES string of the molecule is CC[C@H](C)[C@H](N)C(=O)Nc1ccccc1CCC(=O)O. The Balaban J connectivity index is 2.76. The molecule has 1 aromatic rings. The number of rotatable bonds is 7. The second-order valence-corrected chi connectivity index (χ2v) is 4.95. The number of amides is 1.